The smallest absolute Gasteiger partial charge is 0.337 e. The highest BCUT2D eigenvalue weighted by Gasteiger charge is 2.21. The van der Waals surface area contributed by atoms with Crippen LogP contribution in [0.5, 0.6) is 0 Å². The van der Waals surface area contributed by atoms with Crippen LogP contribution in [-0.4, -0.2) is 16.2 Å². The second-order valence-electron chi connectivity index (χ2n) is 2.81. The van der Waals surface area contributed by atoms with Crippen molar-refractivity contribution < 1.29 is 15.0 Å². The van der Waals surface area contributed by atoms with Crippen LogP contribution in [0.3, 0.4) is 0 Å². The second-order valence-corrected chi connectivity index (χ2v) is 4.52. The van der Waals surface area contributed by atoms with Gasteiger partial charge in [-0.2, -0.15) is 0 Å². The molecule has 5 heteroatoms. The minimum atomic E-state index is -1.50. The molecule has 1 atom stereocenters. The third-order valence-corrected chi connectivity index (χ3v) is 3.45. The molecule has 0 saturated heterocycles. The van der Waals surface area contributed by atoms with Gasteiger partial charge in [0.2, 0.25) is 0 Å². The summed E-state index contributed by atoms with van der Waals surface area (Å²) in [5, 5.41) is 18.1. The zero-order valence-corrected chi connectivity index (χ0v) is 10.5. The second kappa shape index (κ2) is 4.42. The Kier molecular flexibility index (Phi) is 3.69. The van der Waals surface area contributed by atoms with Crippen molar-refractivity contribution in [3.63, 3.8) is 0 Å². The molecule has 1 rings (SSSR count). The van der Waals surface area contributed by atoms with Crippen molar-refractivity contribution in [2.24, 2.45) is 0 Å². The molecule has 0 aliphatic heterocycles. The van der Waals surface area contributed by atoms with Gasteiger partial charge in [-0.25, -0.2) is 4.79 Å². The van der Waals surface area contributed by atoms with E-state index in [1.165, 1.54) is 0 Å². The van der Waals surface area contributed by atoms with Gasteiger partial charge in [0.15, 0.2) is 6.10 Å². The average molecular weight is 324 g/mol. The summed E-state index contributed by atoms with van der Waals surface area (Å²) in [4.78, 5) is 10.6. The molecule has 0 radical (unpaired) electrons. The normalized spacial score (nSPS) is 12.6. The topological polar surface area (TPSA) is 57.5 Å². The summed E-state index contributed by atoms with van der Waals surface area (Å²) >= 11 is 6.48. The lowest BCUT2D eigenvalue weighted by Gasteiger charge is -2.12. The number of benzene rings is 1. The van der Waals surface area contributed by atoms with Gasteiger partial charge in [0.1, 0.15) is 0 Å². The standard InChI is InChI=1S/C9H8Br2O3/c1-4-5(10)2-3-6(11)7(4)8(12)9(13)14/h2-3,8,12H,1H3,(H,13,14). The van der Waals surface area contributed by atoms with Crippen LogP contribution in [0.15, 0.2) is 21.1 Å². The van der Waals surface area contributed by atoms with Crippen molar-refractivity contribution in [1.29, 1.82) is 0 Å². The monoisotopic (exact) mass is 322 g/mol. The third-order valence-electron chi connectivity index (χ3n) is 1.90. The molecule has 0 aromatic heterocycles. The minimum Gasteiger partial charge on any atom is -0.479 e. The highest BCUT2D eigenvalue weighted by molar-refractivity contribution is 9.11. The number of aliphatic carboxylic acids is 1. The molecule has 0 amide bonds. The summed E-state index contributed by atoms with van der Waals surface area (Å²) in [5.74, 6) is -1.26. The van der Waals surface area contributed by atoms with Crippen molar-refractivity contribution >= 4 is 37.8 Å². The Balaban J connectivity index is 3.32. The van der Waals surface area contributed by atoms with Crippen molar-refractivity contribution in [2.75, 3.05) is 0 Å². The third kappa shape index (κ3) is 2.16. The first kappa shape index (κ1) is 11.7. The summed E-state index contributed by atoms with van der Waals surface area (Å²) in [6, 6.07) is 3.48. The zero-order chi connectivity index (χ0) is 10.9. The molecular formula is C9H8Br2O3. The van der Waals surface area contributed by atoms with Crippen LogP contribution in [0.25, 0.3) is 0 Å². The molecule has 0 heterocycles. The zero-order valence-electron chi connectivity index (χ0n) is 7.29. The van der Waals surface area contributed by atoms with E-state index in [4.69, 9.17) is 5.11 Å². The summed E-state index contributed by atoms with van der Waals surface area (Å²) in [6.07, 6.45) is -1.50. The molecule has 1 unspecified atom stereocenters. The fourth-order valence-corrected chi connectivity index (χ4v) is 2.12. The number of aliphatic hydroxyl groups excluding tert-OH is 1. The van der Waals surface area contributed by atoms with E-state index in [0.717, 1.165) is 4.47 Å². The number of halogens is 2. The van der Waals surface area contributed by atoms with Crippen LogP contribution in [0, 0.1) is 6.92 Å². The van der Waals surface area contributed by atoms with Crippen molar-refractivity contribution in [3.05, 3.63) is 32.2 Å². The largest absolute Gasteiger partial charge is 0.479 e. The van der Waals surface area contributed by atoms with Gasteiger partial charge in [-0.1, -0.05) is 31.9 Å². The molecular weight excluding hydrogens is 316 g/mol. The maximum absolute atomic E-state index is 10.6. The summed E-state index contributed by atoms with van der Waals surface area (Å²) in [5.41, 5.74) is 1.10. The number of aliphatic hydroxyl groups is 1. The molecule has 1 aromatic rings. The number of carboxylic acid groups (broad SMARTS) is 1. The summed E-state index contributed by atoms with van der Waals surface area (Å²) in [6.45, 7) is 1.75. The summed E-state index contributed by atoms with van der Waals surface area (Å²) < 4.78 is 1.36. The molecule has 0 bridgehead atoms. The van der Waals surface area contributed by atoms with Gasteiger partial charge < -0.3 is 10.2 Å². The van der Waals surface area contributed by atoms with Crippen LogP contribution in [-0.2, 0) is 4.79 Å². The Morgan fingerprint density at radius 3 is 2.36 bits per heavy atom. The number of hydrogen-bond donors (Lipinski definition) is 2. The van der Waals surface area contributed by atoms with Gasteiger partial charge in [-0.3, -0.25) is 0 Å². The fraction of sp³-hybridized carbons (Fsp3) is 0.222. The first-order valence-corrected chi connectivity index (χ1v) is 5.39. The van der Waals surface area contributed by atoms with Crippen LogP contribution in [0.1, 0.15) is 17.2 Å². The van der Waals surface area contributed by atoms with E-state index in [2.05, 4.69) is 31.9 Å². The van der Waals surface area contributed by atoms with Gasteiger partial charge in [0.25, 0.3) is 0 Å². The maximum Gasteiger partial charge on any atom is 0.337 e. The van der Waals surface area contributed by atoms with Gasteiger partial charge in [0.05, 0.1) is 0 Å². The number of carbonyl (C=O) groups is 1. The quantitative estimate of drug-likeness (QED) is 0.879. The van der Waals surface area contributed by atoms with Crippen LogP contribution in [0.2, 0.25) is 0 Å². The Morgan fingerprint density at radius 1 is 1.36 bits per heavy atom. The van der Waals surface area contributed by atoms with E-state index in [1.807, 2.05) is 0 Å². The van der Waals surface area contributed by atoms with E-state index in [9.17, 15) is 9.90 Å². The highest BCUT2D eigenvalue weighted by Crippen LogP contribution is 2.31. The van der Waals surface area contributed by atoms with Gasteiger partial charge in [-0.05, 0) is 24.6 Å². The maximum atomic E-state index is 10.6. The van der Waals surface area contributed by atoms with Crippen molar-refractivity contribution in [1.82, 2.24) is 0 Å². The molecule has 3 nitrogen and oxygen atoms in total. The van der Waals surface area contributed by atoms with Gasteiger partial charge >= 0.3 is 5.97 Å². The lowest BCUT2D eigenvalue weighted by atomic mass is 10.0. The SMILES string of the molecule is Cc1c(Br)ccc(Br)c1C(O)C(=O)O. The molecule has 1 aromatic carbocycles. The minimum absolute atomic E-state index is 0.381. The predicted molar refractivity (Wildman–Crippen MR) is 59.2 cm³/mol. The predicted octanol–water partition coefficient (Wildman–Crippen LogP) is 2.64. The Hall–Kier alpha value is -0.390. The summed E-state index contributed by atoms with van der Waals surface area (Å²) in [7, 11) is 0. The first-order chi connectivity index (χ1) is 6.45. The lowest BCUT2D eigenvalue weighted by molar-refractivity contribution is -0.147. The average Bonchev–Trinajstić information content (AvgIpc) is 2.12. The van der Waals surface area contributed by atoms with Gasteiger partial charge in [0, 0.05) is 14.5 Å². The van der Waals surface area contributed by atoms with E-state index in [1.54, 1.807) is 19.1 Å². The molecule has 0 fully saturated rings. The van der Waals surface area contributed by atoms with E-state index in [-0.39, 0.29) is 0 Å². The fourth-order valence-electron chi connectivity index (χ4n) is 1.13. The molecule has 2 N–H and O–H groups in total. The molecule has 0 aliphatic rings. The first-order valence-electron chi connectivity index (χ1n) is 3.80. The number of hydrogen-bond acceptors (Lipinski definition) is 2. The van der Waals surface area contributed by atoms with E-state index in [0.29, 0.717) is 15.6 Å². The molecule has 0 aliphatic carbocycles. The molecule has 76 valence electrons. The molecule has 0 saturated carbocycles. The van der Waals surface area contributed by atoms with Crippen molar-refractivity contribution in [2.45, 2.75) is 13.0 Å². The van der Waals surface area contributed by atoms with Gasteiger partial charge in [-0.15, -0.1) is 0 Å². The highest BCUT2D eigenvalue weighted by atomic mass is 79.9. The van der Waals surface area contributed by atoms with Crippen LogP contribution in [0.4, 0.5) is 0 Å². The molecule has 0 spiro atoms. The Morgan fingerprint density at radius 2 is 1.86 bits per heavy atom. The molecule has 14 heavy (non-hydrogen) atoms. The van der Waals surface area contributed by atoms with Crippen LogP contribution >= 0.6 is 31.9 Å². The van der Waals surface area contributed by atoms with Crippen molar-refractivity contribution in [3.8, 4) is 0 Å². The number of carboxylic acids is 1. The Labute approximate surface area is 98.0 Å². The Bertz CT molecular complexity index is 377. The van der Waals surface area contributed by atoms with E-state index >= 15 is 0 Å². The lowest BCUT2D eigenvalue weighted by Crippen LogP contribution is -2.12. The van der Waals surface area contributed by atoms with Crippen LogP contribution < -0.4 is 0 Å². The van der Waals surface area contributed by atoms with E-state index < -0.39 is 12.1 Å². The number of rotatable bonds is 2.